The number of hydrogen-bond donors (Lipinski definition) is 2. The lowest BCUT2D eigenvalue weighted by atomic mass is 9.99. The third-order valence-electron chi connectivity index (χ3n) is 6.21. The highest BCUT2D eigenvalue weighted by atomic mass is 19.4. The minimum Gasteiger partial charge on any atom is -0.354 e. The van der Waals surface area contributed by atoms with E-state index in [1.54, 1.807) is 0 Å². The Bertz CT molecular complexity index is 1850. The van der Waals surface area contributed by atoms with Gasteiger partial charge < -0.3 is 9.97 Å². The fourth-order valence-corrected chi connectivity index (χ4v) is 4.48. The Morgan fingerprint density at radius 1 is 0.375 bits per heavy atom. The highest BCUT2D eigenvalue weighted by Crippen LogP contribution is 2.43. The van der Waals surface area contributed by atoms with Gasteiger partial charge >= 0.3 is 24.7 Å². The van der Waals surface area contributed by atoms with E-state index in [4.69, 9.17) is 0 Å². The molecule has 2 heterocycles. The van der Waals surface area contributed by atoms with Gasteiger partial charge in [0.25, 0.3) is 0 Å². The van der Waals surface area contributed by atoms with Gasteiger partial charge in [0.05, 0.1) is 44.3 Å². The summed E-state index contributed by atoms with van der Waals surface area (Å²) in [6.07, 6.45) is -22.0. The molecule has 3 aromatic carbocycles. The van der Waals surface area contributed by atoms with Crippen molar-refractivity contribution in [3.05, 3.63) is 79.1 Å². The lowest BCUT2D eigenvalue weighted by Gasteiger charge is -2.17. The van der Waals surface area contributed by atoms with Crippen LogP contribution in [0, 0.1) is 0 Å². The molecule has 5 rings (SSSR count). The minimum atomic E-state index is -5.50. The van der Waals surface area contributed by atoms with Crippen molar-refractivity contribution in [2.75, 3.05) is 0 Å². The summed E-state index contributed by atoms with van der Waals surface area (Å²) in [7, 11) is 0. The first-order valence-electron chi connectivity index (χ1n) is 10.6. The van der Waals surface area contributed by atoms with Crippen LogP contribution >= 0.6 is 0 Å². The summed E-state index contributed by atoms with van der Waals surface area (Å²) in [5.41, 5.74) is -13.0. The van der Waals surface area contributed by atoms with Crippen LogP contribution in [-0.2, 0) is 24.7 Å². The predicted octanol–water partition coefficient (Wildman–Crippen LogP) is 7.75. The zero-order valence-electron chi connectivity index (χ0n) is 18.8. The van der Waals surface area contributed by atoms with Crippen molar-refractivity contribution in [3.8, 4) is 0 Å². The first kappa shape index (κ1) is 27.3. The summed E-state index contributed by atoms with van der Waals surface area (Å²) >= 11 is 0. The molecule has 0 amide bonds. The van der Waals surface area contributed by atoms with E-state index in [-0.39, 0.29) is 35.3 Å². The van der Waals surface area contributed by atoms with E-state index in [1.807, 2.05) is 0 Å². The van der Waals surface area contributed by atoms with E-state index in [9.17, 15) is 62.3 Å². The summed E-state index contributed by atoms with van der Waals surface area (Å²) in [5, 5.41) is -2.56. The largest absolute Gasteiger partial charge is 0.417 e. The molecule has 5 aromatic rings. The molecule has 0 bridgehead atoms. The number of nitrogens with one attached hydrogen (secondary N) is 2. The lowest BCUT2D eigenvalue weighted by Crippen LogP contribution is -2.18. The van der Waals surface area contributed by atoms with Gasteiger partial charge in [0, 0.05) is 21.5 Å². The summed E-state index contributed by atoms with van der Waals surface area (Å²) in [4.78, 5) is 30.7. The number of fused-ring (bicyclic) bond motifs is 4. The number of hydrogen-bond acceptors (Lipinski definition) is 2. The van der Waals surface area contributed by atoms with Crippen molar-refractivity contribution in [2.24, 2.45) is 0 Å². The molecular weight excluding hydrogens is 576 g/mol. The maximum atomic E-state index is 13.4. The first-order valence-corrected chi connectivity index (χ1v) is 10.6. The number of pyridine rings is 2. The van der Waals surface area contributed by atoms with Crippen LogP contribution in [0.5, 0.6) is 0 Å². The molecular formula is C24H8F12N2O2. The Hall–Kier alpha value is -4.24. The molecule has 0 spiro atoms. The molecule has 4 nitrogen and oxygen atoms in total. The van der Waals surface area contributed by atoms with Gasteiger partial charge in [0.15, 0.2) is 10.9 Å². The number of benzene rings is 3. The molecule has 210 valence electrons. The second kappa shape index (κ2) is 8.14. The molecule has 2 N–H and O–H groups in total. The first-order chi connectivity index (χ1) is 18.2. The van der Waals surface area contributed by atoms with E-state index >= 15 is 0 Å². The predicted molar refractivity (Wildman–Crippen MR) is 118 cm³/mol. The maximum absolute atomic E-state index is 13.4. The quantitative estimate of drug-likeness (QED) is 0.144. The van der Waals surface area contributed by atoms with Crippen molar-refractivity contribution in [3.63, 3.8) is 0 Å². The van der Waals surface area contributed by atoms with E-state index in [1.165, 1.54) is 0 Å². The topological polar surface area (TPSA) is 65.7 Å². The Balaban J connectivity index is 1.90. The van der Waals surface area contributed by atoms with Crippen LogP contribution in [-0.4, -0.2) is 9.97 Å². The van der Waals surface area contributed by atoms with Gasteiger partial charge in [-0.05, 0) is 36.4 Å². The van der Waals surface area contributed by atoms with Crippen LogP contribution in [0.3, 0.4) is 0 Å². The van der Waals surface area contributed by atoms with E-state index in [0.29, 0.717) is 0 Å². The molecule has 0 saturated heterocycles. The smallest absolute Gasteiger partial charge is 0.354 e. The van der Waals surface area contributed by atoms with Gasteiger partial charge in [-0.15, -0.1) is 0 Å². The van der Waals surface area contributed by atoms with Crippen LogP contribution in [0.4, 0.5) is 52.7 Å². The number of alkyl halides is 12. The van der Waals surface area contributed by atoms with Gasteiger partial charge in [-0.2, -0.15) is 52.7 Å². The molecule has 0 fully saturated rings. The Kier molecular flexibility index (Phi) is 5.56. The van der Waals surface area contributed by atoms with Crippen LogP contribution in [0.15, 0.2) is 46.0 Å². The third kappa shape index (κ3) is 4.30. The molecule has 0 radical (unpaired) electrons. The molecule has 0 aliphatic rings. The summed E-state index contributed by atoms with van der Waals surface area (Å²) in [5.74, 6) is 0. The highest BCUT2D eigenvalue weighted by molar-refractivity contribution is 6.03. The van der Waals surface area contributed by atoms with Gasteiger partial charge in [0.2, 0.25) is 0 Å². The van der Waals surface area contributed by atoms with Crippen LogP contribution in [0.1, 0.15) is 22.3 Å². The average molecular weight is 584 g/mol. The van der Waals surface area contributed by atoms with Gasteiger partial charge in [-0.25, -0.2) is 0 Å². The van der Waals surface area contributed by atoms with Crippen LogP contribution in [0.2, 0.25) is 0 Å². The Morgan fingerprint density at radius 2 is 0.600 bits per heavy atom. The average Bonchev–Trinajstić information content (AvgIpc) is 2.80. The van der Waals surface area contributed by atoms with Gasteiger partial charge in [-0.1, -0.05) is 0 Å². The van der Waals surface area contributed by atoms with Gasteiger partial charge in [0.1, 0.15) is 0 Å². The highest BCUT2D eigenvalue weighted by Gasteiger charge is 2.44. The second-order valence-electron chi connectivity index (χ2n) is 8.73. The number of aromatic nitrogens is 2. The molecule has 0 aliphatic heterocycles. The number of rotatable bonds is 0. The molecule has 40 heavy (non-hydrogen) atoms. The van der Waals surface area contributed by atoms with Crippen molar-refractivity contribution < 1.29 is 52.7 Å². The van der Waals surface area contributed by atoms with Crippen LogP contribution in [0.25, 0.3) is 43.6 Å². The zero-order valence-corrected chi connectivity index (χ0v) is 18.8. The lowest BCUT2D eigenvalue weighted by molar-refractivity contribution is -0.161. The standard InChI is InChI=1S/C24H8F12N2O2/c25-21(26,27)11-1-7-17(5-13(11)23(31,32)33)37-15-4-10-16(3-9(15)19(7)39)38-18-6-14(24(34,35)36)12(22(28,29)30)2-8(18)20(10)40/h1-6H,(H,37,39)(H,38,40). The summed E-state index contributed by atoms with van der Waals surface area (Å²) in [6.45, 7) is 0. The van der Waals surface area contributed by atoms with Crippen molar-refractivity contribution in [2.45, 2.75) is 24.7 Å². The van der Waals surface area contributed by atoms with Crippen molar-refractivity contribution in [1.82, 2.24) is 9.97 Å². The van der Waals surface area contributed by atoms with Crippen molar-refractivity contribution in [1.29, 1.82) is 0 Å². The summed E-state index contributed by atoms with van der Waals surface area (Å²) in [6, 6.07) is 1.81. The Morgan fingerprint density at radius 3 is 0.875 bits per heavy atom. The molecule has 0 atom stereocenters. The third-order valence-corrected chi connectivity index (χ3v) is 6.21. The number of halogens is 12. The van der Waals surface area contributed by atoms with E-state index < -0.39 is 90.4 Å². The monoisotopic (exact) mass is 584 g/mol. The second-order valence-corrected chi connectivity index (χ2v) is 8.73. The number of aromatic amines is 2. The molecule has 2 aromatic heterocycles. The van der Waals surface area contributed by atoms with Crippen LogP contribution < -0.4 is 10.9 Å². The molecule has 0 saturated carbocycles. The summed E-state index contributed by atoms with van der Waals surface area (Å²) < 4.78 is 160. The van der Waals surface area contributed by atoms with Crippen molar-refractivity contribution >= 4 is 43.6 Å². The minimum absolute atomic E-state index is 0.00195. The molecule has 16 heteroatoms. The van der Waals surface area contributed by atoms with E-state index in [0.717, 1.165) is 12.1 Å². The zero-order chi connectivity index (χ0) is 29.7. The fraction of sp³-hybridized carbons (Fsp3) is 0.167. The fourth-order valence-electron chi connectivity index (χ4n) is 4.48. The SMILES string of the molecule is O=c1c2cc(C(F)(F)F)c(C(F)(F)F)cc2[nH]c2cc3c(=O)c4cc(C(F)(F)F)c(C(F)(F)F)cc4[nH]c3cc12. The van der Waals surface area contributed by atoms with Gasteiger partial charge in [-0.3, -0.25) is 9.59 Å². The van der Waals surface area contributed by atoms with E-state index in [2.05, 4.69) is 9.97 Å². The maximum Gasteiger partial charge on any atom is 0.417 e. The Labute approximate surface area is 210 Å². The normalized spacial score (nSPS) is 13.7. The molecule has 0 unspecified atom stereocenters. The number of H-pyrrole nitrogens is 2. The molecule has 0 aliphatic carbocycles.